The van der Waals surface area contributed by atoms with Gasteiger partial charge in [0.05, 0.1) is 11.7 Å². The van der Waals surface area contributed by atoms with Crippen LogP contribution in [0, 0.1) is 6.92 Å². The van der Waals surface area contributed by atoms with Crippen molar-refractivity contribution in [3.63, 3.8) is 0 Å². The molecule has 0 aromatic heterocycles. The second kappa shape index (κ2) is 5.17. The second-order valence-electron chi connectivity index (χ2n) is 4.69. The highest BCUT2D eigenvalue weighted by Crippen LogP contribution is 2.28. The van der Waals surface area contributed by atoms with Crippen molar-refractivity contribution in [1.82, 2.24) is 0 Å². The number of hydrogen-bond donors (Lipinski definition) is 1. The van der Waals surface area contributed by atoms with E-state index in [-0.39, 0.29) is 5.60 Å². The molecular weight excluding hydrogens is 224 g/mol. The third-order valence-electron chi connectivity index (χ3n) is 2.82. The van der Waals surface area contributed by atoms with Crippen LogP contribution in [-0.2, 0) is 4.74 Å². The van der Waals surface area contributed by atoms with Crippen molar-refractivity contribution in [2.75, 3.05) is 7.11 Å². The molecular formula is C13H19ClO2. The Hall–Kier alpha value is -0.570. The van der Waals surface area contributed by atoms with Gasteiger partial charge in [0.15, 0.2) is 0 Å². The molecule has 0 aliphatic carbocycles. The summed E-state index contributed by atoms with van der Waals surface area (Å²) in [5.74, 6) is 0. The van der Waals surface area contributed by atoms with E-state index >= 15 is 0 Å². The molecule has 0 spiro atoms. The Morgan fingerprint density at radius 1 is 1.44 bits per heavy atom. The van der Waals surface area contributed by atoms with Crippen LogP contribution < -0.4 is 0 Å². The molecule has 0 saturated carbocycles. The maximum atomic E-state index is 10.1. The Kier molecular flexibility index (Phi) is 4.36. The molecule has 0 aliphatic rings. The topological polar surface area (TPSA) is 29.5 Å². The maximum Gasteiger partial charge on any atom is 0.0817 e. The first-order chi connectivity index (χ1) is 7.35. The van der Waals surface area contributed by atoms with Crippen LogP contribution in [0.1, 0.15) is 37.5 Å². The summed E-state index contributed by atoms with van der Waals surface area (Å²) >= 11 is 6.02. The molecule has 90 valence electrons. The highest BCUT2D eigenvalue weighted by atomic mass is 35.5. The number of ether oxygens (including phenoxy) is 1. The zero-order valence-corrected chi connectivity index (χ0v) is 11.0. The lowest BCUT2D eigenvalue weighted by Gasteiger charge is -2.26. The Balaban J connectivity index is 2.81. The summed E-state index contributed by atoms with van der Waals surface area (Å²) in [7, 11) is 1.65. The third kappa shape index (κ3) is 3.48. The van der Waals surface area contributed by atoms with E-state index in [1.807, 2.05) is 39.0 Å². The Morgan fingerprint density at radius 3 is 2.56 bits per heavy atom. The normalized spacial score (nSPS) is 13.9. The molecule has 0 heterocycles. The lowest BCUT2D eigenvalue weighted by Crippen LogP contribution is -2.25. The zero-order valence-electron chi connectivity index (χ0n) is 10.2. The van der Waals surface area contributed by atoms with Gasteiger partial charge in [0.25, 0.3) is 0 Å². The molecule has 0 aliphatic heterocycles. The van der Waals surface area contributed by atoms with Gasteiger partial charge in [0, 0.05) is 18.6 Å². The van der Waals surface area contributed by atoms with Crippen LogP contribution in [0.25, 0.3) is 0 Å². The van der Waals surface area contributed by atoms with E-state index in [4.69, 9.17) is 16.3 Å². The molecule has 16 heavy (non-hydrogen) atoms. The van der Waals surface area contributed by atoms with Gasteiger partial charge in [-0.15, -0.1) is 0 Å². The third-order valence-corrected chi connectivity index (χ3v) is 3.23. The summed E-state index contributed by atoms with van der Waals surface area (Å²) in [4.78, 5) is 0. The molecule has 0 amide bonds. The van der Waals surface area contributed by atoms with Gasteiger partial charge in [0.2, 0.25) is 0 Å². The monoisotopic (exact) mass is 242 g/mol. The molecule has 2 nitrogen and oxygen atoms in total. The SMILES string of the molecule is COC(C)(C)CC(O)c1ccc(C)c(Cl)c1. The Bertz CT molecular complexity index is 361. The van der Waals surface area contributed by atoms with Gasteiger partial charge in [-0.3, -0.25) is 0 Å². The molecule has 1 atom stereocenters. The van der Waals surface area contributed by atoms with Crippen LogP contribution >= 0.6 is 11.6 Å². The first-order valence-corrected chi connectivity index (χ1v) is 5.73. The van der Waals surface area contributed by atoms with E-state index < -0.39 is 6.10 Å². The average Bonchev–Trinajstić information content (AvgIpc) is 2.21. The summed E-state index contributed by atoms with van der Waals surface area (Å²) in [6, 6.07) is 5.63. The standard InChI is InChI=1S/C13H19ClO2/c1-9-5-6-10(7-11(9)14)12(15)8-13(2,3)16-4/h5-7,12,15H,8H2,1-4H3. The summed E-state index contributed by atoms with van der Waals surface area (Å²) in [5, 5.41) is 10.8. The fourth-order valence-corrected chi connectivity index (χ4v) is 1.67. The number of halogens is 1. The first-order valence-electron chi connectivity index (χ1n) is 5.35. The van der Waals surface area contributed by atoms with Crippen LogP contribution in [0.2, 0.25) is 5.02 Å². The van der Waals surface area contributed by atoms with Gasteiger partial charge in [-0.2, -0.15) is 0 Å². The predicted octanol–water partition coefficient (Wildman–Crippen LogP) is 3.50. The van der Waals surface area contributed by atoms with Crippen molar-refractivity contribution in [3.8, 4) is 0 Å². The van der Waals surface area contributed by atoms with Crippen LogP contribution in [-0.4, -0.2) is 17.8 Å². The lowest BCUT2D eigenvalue weighted by molar-refractivity contribution is -0.0200. The minimum Gasteiger partial charge on any atom is -0.388 e. The lowest BCUT2D eigenvalue weighted by atomic mass is 9.95. The van der Waals surface area contributed by atoms with E-state index in [2.05, 4.69) is 0 Å². The number of aliphatic hydroxyl groups is 1. The first kappa shape index (κ1) is 13.5. The second-order valence-corrected chi connectivity index (χ2v) is 5.10. The number of methoxy groups -OCH3 is 1. The van der Waals surface area contributed by atoms with Gasteiger partial charge in [-0.05, 0) is 38.0 Å². The maximum absolute atomic E-state index is 10.1. The molecule has 1 unspecified atom stereocenters. The van der Waals surface area contributed by atoms with Gasteiger partial charge in [-0.1, -0.05) is 23.7 Å². The Morgan fingerprint density at radius 2 is 2.06 bits per heavy atom. The number of hydrogen-bond acceptors (Lipinski definition) is 2. The zero-order chi connectivity index (χ0) is 12.3. The molecule has 1 aromatic carbocycles. The van der Waals surface area contributed by atoms with Crippen molar-refractivity contribution >= 4 is 11.6 Å². The highest BCUT2D eigenvalue weighted by Gasteiger charge is 2.22. The van der Waals surface area contributed by atoms with E-state index in [0.717, 1.165) is 11.1 Å². The largest absolute Gasteiger partial charge is 0.388 e. The van der Waals surface area contributed by atoms with Crippen molar-refractivity contribution < 1.29 is 9.84 Å². The summed E-state index contributed by atoms with van der Waals surface area (Å²) in [6.45, 7) is 5.84. The fraction of sp³-hybridized carbons (Fsp3) is 0.538. The van der Waals surface area contributed by atoms with Crippen molar-refractivity contribution in [3.05, 3.63) is 34.3 Å². The van der Waals surface area contributed by atoms with Crippen LogP contribution in [0.15, 0.2) is 18.2 Å². The van der Waals surface area contributed by atoms with Gasteiger partial charge in [-0.25, -0.2) is 0 Å². The molecule has 0 bridgehead atoms. The van der Waals surface area contributed by atoms with Crippen LogP contribution in [0.4, 0.5) is 0 Å². The van der Waals surface area contributed by atoms with Gasteiger partial charge in [0.1, 0.15) is 0 Å². The number of aliphatic hydroxyl groups excluding tert-OH is 1. The molecule has 0 saturated heterocycles. The Labute approximate surface area is 102 Å². The summed E-state index contributed by atoms with van der Waals surface area (Å²) in [5.41, 5.74) is 1.51. The quantitative estimate of drug-likeness (QED) is 0.876. The minimum atomic E-state index is -0.548. The predicted molar refractivity (Wildman–Crippen MR) is 66.9 cm³/mol. The van der Waals surface area contributed by atoms with E-state index in [1.54, 1.807) is 7.11 Å². The number of aryl methyl sites for hydroxylation is 1. The number of rotatable bonds is 4. The fourth-order valence-electron chi connectivity index (χ4n) is 1.48. The molecule has 3 heteroatoms. The highest BCUT2D eigenvalue weighted by molar-refractivity contribution is 6.31. The minimum absolute atomic E-state index is 0.337. The van der Waals surface area contributed by atoms with Crippen molar-refractivity contribution in [2.45, 2.75) is 38.9 Å². The van der Waals surface area contributed by atoms with Crippen molar-refractivity contribution in [2.24, 2.45) is 0 Å². The smallest absolute Gasteiger partial charge is 0.0817 e. The van der Waals surface area contributed by atoms with Gasteiger partial charge < -0.3 is 9.84 Å². The molecule has 0 radical (unpaired) electrons. The number of benzene rings is 1. The van der Waals surface area contributed by atoms with Crippen LogP contribution in [0.3, 0.4) is 0 Å². The van der Waals surface area contributed by atoms with E-state index in [0.29, 0.717) is 11.4 Å². The van der Waals surface area contributed by atoms with Crippen LogP contribution in [0.5, 0.6) is 0 Å². The molecule has 1 aromatic rings. The van der Waals surface area contributed by atoms with Gasteiger partial charge >= 0.3 is 0 Å². The summed E-state index contributed by atoms with van der Waals surface area (Å²) < 4.78 is 5.29. The average molecular weight is 243 g/mol. The summed E-state index contributed by atoms with van der Waals surface area (Å²) in [6.07, 6.45) is -0.00357. The van der Waals surface area contributed by atoms with E-state index in [9.17, 15) is 5.11 Å². The molecule has 1 rings (SSSR count). The molecule has 1 N–H and O–H groups in total. The molecule has 0 fully saturated rings. The van der Waals surface area contributed by atoms with E-state index in [1.165, 1.54) is 0 Å². The van der Waals surface area contributed by atoms with Crippen molar-refractivity contribution in [1.29, 1.82) is 0 Å².